The first-order chi connectivity index (χ1) is 9.66. The van der Waals surface area contributed by atoms with Gasteiger partial charge in [-0.15, -0.1) is 0 Å². The number of ketones is 1. The second-order valence-corrected chi connectivity index (χ2v) is 4.68. The average molecular weight is 264 g/mol. The summed E-state index contributed by atoms with van der Waals surface area (Å²) in [5.41, 5.74) is 1.64. The van der Waals surface area contributed by atoms with Gasteiger partial charge in [-0.05, 0) is 13.0 Å². The van der Waals surface area contributed by atoms with E-state index in [-0.39, 0.29) is 5.78 Å². The van der Waals surface area contributed by atoms with Crippen LogP contribution in [0, 0.1) is 6.92 Å². The topological polar surface area (TPSA) is 47.3 Å². The summed E-state index contributed by atoms with van der Waals surface area (Å²) in [6.45, 7) is 1.96. The van der Waals surface area contributed by atoms with E-state index < -0.39 is 5.63 Å². The van der Waals surface area contributed by atoms with Gasteiger partial charge in [0.2, 0.25) is 0 Å². The Hall–Kier alpha value is -2.68. The van der Waals surface area contributed by atoms with Gasteiger partial charge in [0.15, 0.2) is 5.78 Å². The Morgan fingerprint density at radius 3 is 2.30 bits per heavy atom. The number of benzene rings is 2. The zero-order chi connectivity index (χ0) is 14.1. The van der Waals surface area contributed by atoms with Crippen LogP contribution in [0.3, 0.4) is 0 Å². The van der Waals surface area contributed by atoms with Gasteiger partial charge in [-0.25, -0.2) is 4.79 Å². The quantitative estimate of drug-likeness (QED) is 0.667. The molecule has 3 aromatic rings. The molecule has 0 atom stereocenters. The summed E-state index contributed by atoms with van der Waals surface area (Å²) >= 11 is 0. The first-order valence-corrected chi connectivity index (χ1v) is 6.29. The molecule has 0 unspecified atom stereocenters. The van der Waals surface area contributed by atoms with Crippen LogP contribution >= 0.6 is 0 Å². The third kappa shape index (κ3) is 2.03. The van der Waals surface area contributed by atoms with E-state index in [1.165, 1.54) is 6.26 Å². The largest absolute Gasteiger partial charge is 0.430 e. The van der Waals surface area contributed by atoms with Crippen molar-refractivity contribution in [3.05, 3.63) is 81.9 Å². The highest BCUT2D eigenvalue weighted by molar-refractivity contribution is 6.15. The van der Waals surface area contributed by atoms with Gasteiger partial charge in [-0.2, -0.15) is 0 Å². The fraction of sp³-hybridized carbons (Fsp3) is 0.0588. The number of carbonyl (C=O) groups excluding carboxylic acids is 1. The lowest BCUT2D eigenvalue weighted by Crippen LogP contribution is -2.07. The van der Waals surface area contributed by atoms with Crippen LogP contribution in [0.15, 0.2) is 64.0 Å². The van der Waals surface area contributed by atoms with E-state index in [1.807, 2.05) is 19.1 Å². The Morgan fingerprint density at radius 1 is 0.950 bits per heavy atom. The maximum Gasteiger partial charge on any atom is 0.343 e. The van der Waals surface area contributed by atoms with Crippen molar-refractivity contribution in [1.82, 2.24) is 0 Å². The number of aryl methyl sites for hydroxylation is 1. The summed E-state index contributed by atoms with van der Waals surface area (Å²) in [7, 11) is 0. The zero-order valence-electron chi connectivity index (χ0n) is 10.9. The van der Waals surface area contributed by atoms with E-state index in [1.54, 1.807) is 36.4 Å². The highest BCUT2D eigenvalue weighted by Crippen LogP contribution is 2.19. The molecular weight excluding hydrogens is 252 g/mol. The van der Waals surface area contributed by atoms with Crippen LogP contribution in [-0.4, -0.2) is 5.78 Å². The molecule has 3 heteroatoms. The van der Waals surface area contributed by atoms with Gasteiger partial charge in [0.25, 0.3) is 0 Å². The number of rotatable bonds is 2. The number of fused-ring (bicyclic) bond motifs is 1. The van der Waals surface area contributed by atoms with Crippen LogP contribution in [0.2, 0.25) is 0 Å². The van der Waals surface area contributed by atoms with Crippen LogP contribution in [-0.2, 0) is 0 Å². The Kier molecular flexibility index (Phi) is 2.95. The summed E-state index contributed by atoms with van der Waals surface area (Å²) in [4.78, 5) is 24.2. The minimum absolute atomic E-state index is 0.148. The van der Waals surface area contributed by atoms with Gasteiger partial charge in [0.05, 0.1) is 10.9 Å². The normalized spacial score (nSPS) is 10.7. The summed E-state index contributed by atoms with van der Waals surface area (Å²) < 4.78 is 4.96. The van der Waals surface area contributed by atoms with Crippen LogP contribution in [0.4, 0.5) is 0 Å². The van der Waals surface area contributed by atoms with Crippen molar-refractivity contribution in [2.45, 2.75) is 6.92 Å². The lowest BCUT2D eigenvalue weighted by Gasteiger charge is -2.04. The number of hydrogen-bond donors (Lipinski definition) is 0. The smallest absolute Gasteiger partial charge is 0.343 e. The van der Waals surface area contributed by atoms with E-state index in [2.05, 4.69) is 0 Å². The minimum atomic E-state index is -0.430. The molecule has 0 aliphatic rings. The van der Waals surface area contributed by atoms with Crippen LogP contribution in [0.1, 0.15) is 21.5 Å². The van der Waals surface area contributed by atoms with Crippen molar-refractivity contribution in [2.24, 2.45) is 0 Å². The Labute approximate surface area is 115 Å². The Balaban J connectivity index is 2.20. The van der Waals surface area contributed by atoms with Crippen molar-refractivity contribution in [1.29, 1.82) is 0 Å². The van der Waals surface area contributed by atoms with Gasteiger partial charge < -0.3 is 4.42 Å². The second kappa shape index (κ2) is 4.78. The van der Waals surface area contributed by atoms with E-state index in [4.69, 9.17) is 4.42 Å². The van der Waals surface area contributed by atoms with Gasteiger partial charge >= 0.3 is 5.63 Å². The summed E-state index contributed by atoms with van der Waals surface area (Å²) in [6, 6.07) is 14.3. The molecule has 3 nitrogen and oxygen atoms in total. The van der Waals surface area contributed by atoms with Crippen molar-refractivity contribution in [3.63, 3.8) is 0 Å². The number of hydrogen-bond acceptors (Lipinski definition) is 3. The molecule has 2 aromatic carbocycles. The molecule has 1 aromatic heterocycles. The molecule has 0 radical (unpaired) electrons. The molecule has 0 amide bonds. The summed E-state index contributed by atoms with van der Waals surface area (Å²) in [5.74, 6) is -0.148. The maximum absolute atomic E-state index is 12.5. The molecule has 0 aliphatic heterocycles. The van der Waals surface area contributed by atoms with E-state index in [9.17, 15) is 9.59 Å². The average Bonchev–Trinajstić information content (AvgIpc) is 2.48. The predicted molar refractivity (Wildman–Crippen MR) is 77.1 cm³/mol. The Bertz CT molecular complexity index is 842. The third-order valence-electron chi connectivity index (χ3n) is 3.28. The van der Waals surface area contributed by atoms with Crippen molar-refractivity contribution >= 4 is 16.6 Å². The van der Waals surface area contributed by atoms with Gasteiger partial charge in [-0.3, -0.25) is 4.79 Å². The molecule has 1 heterocycles. The molecule has 0 saturated heterocycles. The van der Waals surface area contributed by atoms with Crippen LogP contribution in [0.5, 0.6) is 0 Å². The van der Waals surface area contributed by atoms with Crippen molar-refractivity contribution < 1.29 is 9.21 Å². The molecule has 0 fully saturated rings. The van der Waals surface area contributed by atoms with Gasteiger partial charge in [0, 0.05) is 10.9 Å². The van der Waals surface area contributed by atoms with Crippen LogP contribution < -0.4 is 5.63 Å². The highest BCUT2D eigenvalue weighted by atomic mass is 16.4. The Morgan fingerprint density at radius 2 is 1.60 bits per heavy atom. The monoisotopic (exact) mass is 264 g/mol. The molecule has 0 spiro atoms. The predicted octanol–water partition coefficient (Wildman–Crippen LogP) is 3.33. The zero-order valence-corrected chi connectivity index (χ0v) is 10.9. The molecule has 0 aliphatic carbocycles. The SMILES string of the molecule is Cc1ccc(C(=O)c2coc(=O)c3ccccc23)cc1. The first-order valence-electron chi connectivity index (χ1n) is 6.29. The maximum atomic E-state index is 12.5. The standard InChI is InChI=1S/C17H12O3/c1-11-6-8-12(9-7-11)16(18)15-10-20-17(19)14-5-3-2-4-13(14)15/h2-10H,1H3. The second-order valence-electron chi connectivity index (χ2n) is 4.68. The molecule has 0 N–H and O–H groups in total. The third-order valence-corrected chi connectivity index (χ3v) is 3.28. The molecule has 0 bridgehead atoms. The highest BCUT2D eigenvalue weighted by Gasteiger charge is 2.14. The van der Waals surface area contributed by atoms with E-state index in [0.717, 1.165) is 5.56 Å². The summed E-state index contributed by atoms with van der Waals surface area (Å²) in [6.07, 6.45) is 1.24. The fourth-order valence-corrected chi connectivity index (χ4v) is 2.17. The number of carbonyl (C=O) groups is 1. The molecular formula is C17H12O3. The molecule has 98 valence electrons. The van der Waals surface area contributed by atoms with Crippen molar-refractivity contribution in [2.75, 3.05) is 0 Å². The van der Waals surface area contributed by atoms with E-state index >= 15 is 0 Å². The molecule has 3 rings (SSSR count). The molecule has 0 saturated carbocycles. The van der Waals surface area contributed by atoms with Crippen LogP contribution in [0.25, 0.3) is 10.8 Å². The lowest BCUT2D eigenvalue weighted by molar-refractivity contribution is 0.103. The fourth-order valence-electron chi connectivity index (χ4n) is 2.17. The minimum Gasteiger partial charge on any atom is -0.430 e. The first kappa shape index (κ1) is 12.4. The van der Waals surface area contributed by atoms with E-state index in [0.29, 0.717) is 21.9 Å². The molecule has 20 heavy (non-hydrogen) atoms. The van der Waals surface area contributed by atoms with Crippen molar-refractivity contribution in [3.8, 4) is 0 Å². The lowest BCUT2D eigenvalue weighted by atomic mass is 9.99. The summed E-state index contributed by atoms with van der Waals surface area (Å²) in [5, 5.41) is 1.04. The van der Waals surface area contributed by atoms with Gasteiger partial charge in [-0.1, -0.05) is 48.0 Å². The van der Waals surface area contributed by atoms with Gasteiger partial charge in [0.1, 0.15) is 6.26 Å².